The highest BCUT2D eigenvalue weighted by Gasteiger charge is 2.05. The predicted octanol–water partition coefficient (Wildman–Crippen LogP) is 13.1. The molecule has 0 aliphatic rings. The zero-order chi connectivity index (χ0) is 37.1. The number of para-hydroxylation sites is 4. The van der Waals surface area contributed by atoms with Gasteiger partial charge in [-0.1, -0.05) is 132 Å². The average Bonchev–Trinajstić information content (AvgIpc) is 3.89. The lowest BCUT2D eigenvalue weighted by atomic mass is 10.1. The summed E-state index contributed by atoms with van der Waals surface area (Å²) in [6.07, 6.45) is 0. The second-order valence-corrected chi connectivity index (χ2v) is 9.05. The van der Waals surface area contributed by atoms with E-state index in [9.17, 15) is 0 Å². The van der Waals surface area contributed by atoms with E-state index in [1.165, 1.54) is 22.9 Å². The number of nitrogens with zero attached hydrogens (tertiary/aromatic N) is 6. The number of fused-ring (bicyclic) bond motifs is 4. The van der Waals surface area contributed by atoms with Crippen LogP contribution in [0.3, 0.4) is 0 Å². The van der Waals surface area contributed by atoms with Gasteiger partial charge in [-0.05, 0) is 84.5 Å². The first-order valence-corrected chi connectivity index (χ1v) is 18.2. The Bertz CT molecular complexity index is 1560. The molecule has 0 atom stereocenters. The van der Waals surface area contributed by atoms with Crippen molar-refractivity contribution in [3.05, 3.63) is 95.1 Å². The second kappa shape index (κ2) is 27.8. The first kappa shape index (κ1) is 45.8. The molecule has 262 valence electrons. The summed E-state index contributed by atoms with van der Waals surface area (Å²) in [7, 11) is 0. The Morgan fingerprint density at radius 3 is 0.896 bits per heavy atom. The minimum atomic E-state index is 0.866. The molecule has 0 fully saturated rings. The largest absolute Gasteiger partial charge is 0.245 e. The van der Waals surface area contributed by atoms with Crippen molar-refractivity contribution in [1.82, 2.24) is 29.0 Å². The molecule has 0 bridgehead atoms. The number of rotatable bonds is 0. The minimum Gasteiger partial charge on any atom is -0.245 e. The Morgan fingerprint density at radius 2 is 0.625 bits per heavy atom. The molecule has 0 aliphatic carbocycles. The van der Waals surface area contributed by atoms with E-state index in [2.05, 4.69) is 59.6 Å². The van der Waals surface area contributed by atoms with Gasteiger partial charge in [0.15, 0.2) is 0 Å². The van der Waals surface area contributed by atoms with Crippen LogP contribution in [0.4, 0.5) is 0 Å². The molecular formula is C40H60N6OS. The molecule has 8 heteroatoms. The first-order valence-electron chi connectivity index (χ1n) is 17.5. The standard InChI is InChI=1S/C12H8N2.C8H8N2O.C8H8N2S.6C2H6/c1-2-6-10-9(5-1)13-11-7-3-4-8-12(11)14-10;2*1-5-3-4-6(2)8-7(5)9-11-10-8;6*1-2/h1-8H;2*3-4H,1-2H3;6*1-2H3. The van der Waals surface area contributed by atoms with Crippen molar-refractivity contribution in [1.29, 1.82) is 0 Å². The molecule has 48 heavy (non-hydrogen) atoms. The van der Waals surface area contributed by atoms with E-state index >= 15 is 0 Å². The van der Waals surface area contributed by atoms with Gasteiger partial charge < -0.3 is 0 Å². The summed E-state index contributed by atoms with van der Waals surface area (Å²) >= 11 is 1.28. The molecule has 7 aromatic rings. The topological polar surface area (TPSA) is 90.5 Å². The number of hydrogen-bond acceptors (Lipinski definition) is 8. The molecule has 0 unspecified atom stereocenters. The van der Waals surface area contributed by atoms with Gasteiger partial charge in [-0.15, -0.1) is 0 Å². The molecule has 0 spiro atoms. The second-order valence-electron chi connectivity index (χ2n) is 8.52. The molecule has 3 heterocycles. The van der Waals surface area contributed by atoms with Crippen LogP contribution in [0, 0.1) is 27.7 Å². The van der Waals surface area contributed by atoms with Crippen LogP contribution in [-0.4, -0.2) is 29.0 Å². The van der Waals surface area contributed by atoms with Crippen molar-refractivity contribution in [3.8, 4) is 0 Å². The molecule has 7 rings (SSSR count). The number of benzene rings is 4. The third-order valence-corrected chi connectivity index (χ3v) is 6.41. The maximum absolute atomic E-state index is 4.63. The molecule has 0 radical (unpaired) electrons. The first-order chi connectivity index (χ1) is 23.5. The van der Waals surface area contributed by atoms with Gasteiger partial charge in [0.2, 0.25) is 0 Å². The fraction of sp³-hybridized carbons (Fsp3) is 0.400. The molecule has 0 amide bonds. The number of aromatic nitrogens is 6. The van der Waals surface area contributed by atoms with E-state index in [4.69, 9.17) is 0 Å². The van der Waals surface area contributed by atoms with Crippen molar-refractivity contribution < 1.29 is 4.63 Å². The van der Waals surface area contributed by atoms with Crippen LogP contribution in [0.25, 0.3) is 44.1 Å². The predicted molar refractivity (Wildman–Crippen MR) is 213 cm³/mol. The van der Waals surface area contributed by atoms with Gasteiger partial charge in [0.1, 0.15) is 22.1 Å². The van der Waals surface area contributed by atoms with E-state index in [0.29, 0.717) is 0 Å². The highest BCUT2D eigenvalue weighted by molar-refractivity contribution is 7.00. The summed E-state index contributed by atoms with van der Waals surface area (Å²) in [5, 5.41) is 7.59. The van der Waals surface area contributed by atoms with Crippen molar-refractivity contribution >= 4 is 55.9 Å². The Hall–Kier alpha value is -4.30. The van der Waals surface area contributed by atoms with Crippen LogP contribution in [0.5, 0.6) is 0 Å². The quantitative estimate of drug-likeness (QED) is 0.148. The summed E-state index contributed by atoms with van der Waals surface area (Å²) in [5.41, 5.74) is 12.3. The lowest BCUT2D eigenvalue weighted by molar-refractivity contribution is 0.315. The Kier molecular flexibility index (Phi) is 26.5. The van der Waals surface area contributed by atoms with Crippen LogP contribution in [0.2, 0.25) is 0 Å². The Balaban J connectivity index is 0. The molecule has 7 nitrogen and oxygen atoms in total. The van der Waals surface area contributed by atoms with Gasteiger partial charge in [-0.3, -0.25) is 0 Å². The van der Waals surface area contributed by atoms with E-state index < -0.39 is 0 Å². The molecule has 0 saturated carbocycles. The summed E-state index contributed by atoms with van der Waals surface area (Å²) in [6.45, 7) is 32.1. The molecular weight excluding hydrogens is 613 g/mol. The van der Waals surface area contributed by atoms with Crippen LogP contribution in [0.15, 0.2) is 77.4 Å². The van der Waals surface area contributed by atoms with Gasteiger partial charge in [0.05, 0.1) is 33.8 Å². The van der Waals surface area contributed by atoms with Crippen LogP contribution < -0.4 is 0 Å². The van der Waals surface area contributed by atoms with Gasteiger partial charge in [-0.2, -0.15) is 8.75 Å². The fourth-order valence-electron chi connectivity index (χ4n) is 3.79. The third kappa shape index (κ3) is 13.4. The maximum Gasteiger partial charge on any atom is 0.138 e. The lowest BCUT2D eigenvalue weighted by Gasteiger charge is -1.98. The summed E-state index contributed by atoms with van der Waals surface area (Å²) in [6, 6.07) is 24.0. The van der Waals surface area contributed by atoms with Gasteiger partial charge in [0.25, 0.3) is 0 Å². The molecule has 4 aromatic carbocycles. The summed E-state index contributed by atoms with van der Waals surface area (Å²) in [4.78, 5) is 9.03. The molecule has 0 N–H and O–H groups in total. The zero-order valence-corrected chi connectivity index (χ0v) is 33.2. The van der Waals surface area contributed by atoms with Gasteiger partial charge in [0, 0.05) is 0 Å². The van der Waals surface area contributed by atoms with Crippen molar-refractivity contribution in [2.24, 2.45) is 0 Å². The molecule has 0 aliphatic heterocycles. The van der Waals surface area contributed by atoms with Crippen LogP contribution in [0.1, 0.15) is 105 Å². The van der Waals surface area contributed by atoms with E-state index in [1.807, 2.05) is 158 Å². The van der Waals surface area contributed by atoms with Crippen molar-refractivity contribution in [2.45, 2.75) is 111 Å². The van der Waals surface area contributed by atoms with Gasteiger partial charge >= 0.3 is 0 Å². The monoisotopic (exact) mass is 672 g/mol. The smallest absolute Gasteiger partial charge is 0.138 e. The minimum absolute atomic E-state index is 0.866. The zero-order valence-electron chi connectivity index (χ0n) is 32.4. The van der Waals surface area contributed by atoms with E-state index in [-0.39, 0.29) is 0 Å². The van der Waals surface area contributed by atoms with E-state index in [0.717, 1.165) is 55.3 Å². The average molecular weight is 673 g/mol. The SMILES string of the molecule is CC.CC.CC.CC.CC.CC.Cc1ccc(C)c2nonc12.Cc1ccc(C)c2nsnc12.c1ccc2nc3ccccc3nc2c1. The highest BCUT2D eigenvalue weighted by atomic mass is 32.1. The van der Waals surface area contributed by atoms with Crippen LogP contribution >= 0.6 is 11.7 Å². The molecule has 0 saturated heterocycles. The Labute approximate surface area is 294 Å². The highest BCUT2D eigenvalue weighted by Crippen LogP contribution is 2.19. The van der Waals surface area contributed by atoms with Crippen molar-refractivity contribution in [3.63, 3.8) is 0 Å². The summed E-state index contributed by atoms with van der Waals surface area (Å²) in [5.74, 6) is 0. The third-order valence-electron chi connectivity index (χ3n) is 5.88. The van der Waals surface area contributed by atoms with Gasteiger partial charge in [-0.25, -0.2) is 14.6 Å². The molecule has 3 aromatic heterocycles. The number of hydrogen-bond donors (Lipinski definition) is 0. The van der Waals surface area contributed by atoms with E-state index in [1.54, 1.807) is 0 Å². The van der Waals surface area contributed by atoms with Crippen LogP contribution in [-0.2, 0) is 0 Å². The normalized spacial score (nSPS) is 8.83. The Morgan fingerprint density at radius 1 is 0.375 bits per heavy atom. The maximum atomic E-state index is 4.63. The lowest BCUT2D eigenvalue weighted by Crippen LogP contribution is -1.85. The summed E-state index contributed by atoms with van der Waals surface area (Å²) < 4.78 is 13.0. The van der Waals surface area contributed by atoms with Crippen molar-refractivity contribution in [2.75, 3.05) is 0 Å². The number of aryl methyl sites for hydroxylation is 4. The fourth-order valence-corrected chi connectivity index (χ4v) is 4.46.